The van der Waals surface area contributed by atoms with Crippen LogP contribution in [0.25, 0.3) is 0 Å². The van der Waals surface area contributed by atoms with Gasteiger partial charge in [0.15, 0.2) is 0 Å². The fourth-order valence-corrected chi connectivity index (χ4v) is 4.75. The Morgan fingerprint density at radius 2 is 0.512 bits per heavy atom. The van der Waals surface area contributed by atoms with E-state index in [1.54, 1.807) is 0 Å². The van der Waals surface area contributed by atoms with Gasteiger partial charge in [-0.05, 0) is 89.9 Å². The highest BCUT2D eigenvalue weighted by molar-refractivity contribution is 5.66. The van der Waals surface area contributed by atoms with Crippen molar-refractivity contribution in [2.24, 2.45) is 0 Å². The van der Waals surface area contributed by atoms with E-state index in [2.05, 4.69) is 72.9 Å². The predicted octanol–water partition coefficient (Wildman–Crippen LogP) is 12.2. The van der Waals surface area contributed by atoms with Gasteiger partial charge in [0.05, 0.1) is 0 Å². The summed E-state index contributed by atoms with van der Waals surface area (Å²) in [6, 6.07) is 0. The molecule has 0 aliphatic heterocycles. The van der Waals surface area contributed by atoms with Crippen molar-refractivity contribution < 1.29 is 19.8 Å². The smallest absolute Gasteiger partial charge is 0.303 e. The first-order chi connectivity index (χ1) is 21.1. The molecule has 0 aromatic carbocycles. The summed E-state index contributed by atoms with van der Waals surface area (Å²) in [5.41, 5.74) is 0. The highest BCUT2D eigenvalue weighted by Gasteiger charge is 1.97. The van der Waals surface area contributed by atoms with Crippen LogP contribution in [-0.2, 0) is 9.59 Å². The third kappa shape index (κ3) is 39.4. The number of carbonyl (C=O) groups is 2. The molecule has 0 fully saturated rings. The van der Waals surface area contributed by atoms with Gasteiger partial charge >= 0.3 is 11.9 Å². The van der Waals surface area contributed by atoms with Crippen molar-refractivity contribution in [3.8, 4) is 0 Å². The van der Waals surface area contributed by atoms with Crippen LogP contribution in [0.2, 0.25) is 0 Å². The van der Waals surface area contributed by atoms with Crippen molar-refractivity contribution in [3.63, 3.8) is 0 Å². The van der Waals surface area contributed by atoms with E-state index in [0.717, 1.165) is 77.0 Å². The van der Waals surface area contributed by atoms with Crippen LogP contribution >= 0.6 is 0 Å². The molecular formula is C39H64O4. The molecule has 4 nitrogen and oxygen atoms in total. The molecule has 0 aliphatic carbocycles. The Bertz CT molecular complexity index is 734. The van der Waals surface area contributed by atoms with Gasteiger partial charge in [-0.3, -0.25) is 9.59 Å². The number of allylic oxidation sites excluding steroid dienone is 12. The van der Waals surface area contributed by atoms with E-state index in [-0.39, 0.29) is 0 Å². The fraction of sp³-hybridized carbons (Fsp3) is 0.641. The highest BCUT2D eigenvalue weighted by atomic mass is 16.4. The summed E-state index contributed by atoms with van der Waals surface area (Å²) in [7, 11) is 0. The molecule has 0 heterocycles. The van der Waals surface area contributed by atoms with Gasteiger partial charge in [-0.15, -0.1) is 0 Å². The maximum Gasteiger partial charge on any atom is 0.303 e. The Morgan fingerprint density at radius 3 is 0.767 bits per heavy atom. The zero-order chi connectivity index (χ0) is 31.3. The van der Waals surface area contributed by atoms with Gasteiger partial charge in [-0.2, -0.15) is 0 Å². The van der Waals surface area contributed by atoms with E-state index in [1.165, 1.54) is 70.6 Å². The first kappa shape index (κ1) is 40.4. The Hall–Kier alpha value is -2.62. The van der Waals surface area contributed by atoms with Gasteiger partial charge in [0.1, 0.15) is 0 Å². The van der Waals surface area contributed by atoms with E-state index in [4.69, 9.17) is 10.2 Å². The molecule has 0 rings (SSSR count). The molecule has 0 spiro atoms. The molecule has 0 saturated heterocycles. The van der Waals surface area contributed by atoms with Crippen molar-refractivity contribution in [1.82, 2.24) is 0 Å². The molecule has 0 unspecified atom stereocenters. The second-order valence-corrected chi connectivity index (χ2v) is 11.5. The van der Waals surface area contributed by atoms with Crippen LogP contribution < -0.4 is 0 Å². The molecule has 0 amide bonds. The second kappa shape index (κ2) is 35.6. The normalized spacial score (nSPS) is 12.5. The molecule has 2 N–H and O–H groups in total. The summed E-state index contributed by atoms with van der Waals surface area (Å²) in [4.78, 5) is 20.9. The zero-order valence-electron chi connectivity index (χ0n) is 27.3. The van der Waals surface area contributed by atoms with Crippen LogP contribution in [0.4, 0.5) is 0 Å². The van der Waals surface area contributed by atoms with Crippen molar-refractivity contribution in [3.05, 3.63) is 72.9 Å². The minimum atomic E-state index is -0.679. The Labute approximate surface area is 264 Å². The number of rotatable bonds is 32. The van der Waals surface area contributed by atoms with E-state index in [1.807, 2.05) is 0 Å². The van der Waals surface area contributed by atoms with E-state index in [9.17, 15) is 9.59 Å². The minimum absolute atomic E-state index is 0.310. The largest absolute Gasteiger partial charge is 0.481 e. The summed E-state index contributed by atoms with van der Waals surface area (Å²) < 4.78 is 0. The first-order valence-corrected chi connectivity index (χ1v) is 17.5. The quantitative estimate of drug-likeness (QED) is 0.0598. The third-order valence-corrected chi connectivity index (χ3v) is 7.35. The first-order valence-electron chi connectivity index (χ1n) is 17.5. The lowest BCUT2D eigenvalue weighted by Crippen LogP contribution is -1.93. The number of unbranched alkanes of at least 4 members (excludes halogenated alkanes) is 16. The molecule has 0 aromatic heterocycles. The lowest BCUT2D eigenvalue weighted by atomic mass is 10.1. The molecule has 0 atom stereocenters. The summed E-state index contributed by atoms with van der Waals surface area (Å²) in [5.74, 6) is -1.36. The molecule has 43 heavy (non-hydrogen) atoms. The van der Waals surface area contributed by atoms with Crippen molar-refractivity contribution in [1.29, 1.82) is 0 Å². The summed E-state index contributed by atoms with van der Waals surface area (Å²) in [6.45, 7) is 0. The van der Waals surface area contributed by atoms with Gasteiger partial charge in [-0.25, -0.2) is 0 Å². The van der Waals surface area contributed by atoms with Gasteiger partial charge < -0.3 is 10.2 Å². The Balaban J connectivity index is 3.36. The number of carboxylic acids is 2. The van der Waals surface area contributed by atoms with Crippen LogP contribution in [0.5, 0.6) is 0 Å². The monoisotopic (exact) mass is 596 g/mol. The van der Waals surface area contributed by atoms with E-state index < -0.39 is 11.9 Å². The lowest BCUT2D eigenvalue weighted by molar-refractivity contribution is -0.138. The molecular weight excluding hydrogens is 532 g/mol. The summed E-state index contributed by atoms with van der Waals surface area (Å²) in [6.07, 6.45) is 54.0. The molecule has 0 saturated carbocycles. The molecule has 0 bridgehead atoms. The number of hydrogen-bond donors (Lipinski definition) is 2. The van der Waals surface area contributed by atoms with Crippen molar-refractivity contribution in [2.45, 2.75) is 161 Å². The van der Waals surface area contributed by atoms with E-state index in [0.29, 0.717) is 12.8 Å². The van der Waals surface area contributed by atoms with Crippen molar-refractivity contribution >= 4 is 11.9 Å². The summed E-state index contributed by atoms with van der Waals surface area (Å²) in [5, 5.41) is 17.2. The van der Waals surface area contributed by atoms with Gasteiger partial charge in [0, 0.05) is 12.8 Å². The van der Waals surface area contributed by atoms with Crippen LogP contribution in [0.1, 0.15) is 161 Å². The van der Waals surface area contributed by atoms with Crippen molar-refractivity contribution in [2.75, 3.05) is 0 Å². The predicted molar refractivity (Wildman–Crippen MR) is 186 cm³/mol. The average molecular weight is 597 g/mol. The standard InChI is InChI=1S/C39H64O4/c40-38(41)36-34-32-30-28-26-24-22-20-18-16-14-12-10-8-6-4-2-1-3-5-7-9-11-13-15-17-19-21-23-25-27-29-31-33-35-37-39(42)43/h8-11,14-17,20-23H,1-7,12-13,18-19,24-37H2,(H,40,41)(H,42,43). The molecule has 244 valence electrons. The van der Waals surface area contributed by atoms with Crippen LogP contribution in [0.3, 0.4) is 0 Å². The highest BCUT2D eigenvalue weighted by Crippen LogP contribution is 2.10. The summed E-state index contributed by atoms with van der Waals surface area (Å²) >= 11 is 0. The van der Waals surface area contributed by atoms with Gasteiger partial charge in [0.2, 0.25) is 0 Å². The molecule has 4 heteroatoms. The topological polar surface area (TPSA) is 74.6 Å². The molecule has 0 aromatic rings. The Kier molecular flexibility index (Phi) is 33.4. The van der Waals surface area contributed by atoms with Crippen LogP contribution in [-0.4, -0.2) is 22.2 Å². The van der Waals surface area contributed by atoms with Gasteiger partial charge in [-0.1, -0.05) is 131 Å². The minimum Gasteiger partial charge on any atom is -0.481 e. The second-order valence-electron chi connectivity index (χ2n) is 11.5. The SMILES string of the molecule is O=C(O)CCCCCCCC=CCC=CCC=CCCCCCCCC=CCC=CCC=CCCCCCCCC(=O)O. The number of aliphatic carboxylic acids is 2. The molecule has 0 aliphatic rings. The molecule has 0 radical (unpaired) electrons. The van der Waals surface area contributed by atoms with Crippen LogP contribution in [0.15, 0.2) is 72.9 Å². The lowest BCUT2D eigenvalue weighted by Gasteiger charge is -1.98. The zero-order valence-corrected chi connectivity index (χ0v) is 27.3. The van der Waals surface area contributed by atoms with E-state index >= 15 is 0 Å². The Morgan fingerprint density at radius 1 is 0.302 bits per heavy atom. The maximum atomic E-state index is 10.5. The number of carboxylic acid groups (broad SMARTS) is 2. The third-order valence-electron chi connectivity index (χ3n) is 7.35. The average Bonchev–Trinajstić information content (AvgIpc) is 2.98. The maximum absolute atomic E-state index is 10.5. The van der Waals surface area contributed by atoms with Gasteiger partial charge in [0.25, 0.3) is 0 Å². The fourth-order valence-electron chi connectivity index (χ4n) is 4.75. The van der Waals surface area contributed by atoms with Crippen LogP contribution in [0, 0.1) is 0 Å². The number of hydrogen-bond acceptors (Lipinski definition) is 2.